The molecule has 2 fully saturated rings. The lowest BCUT2D eigenvalue weighted by molar-refractivity contribution is -0.277. The molecule has 3 aromatic rings. The van der Waals surface area contributed by atoms with Gasteiger partial charge in [0, 0.05) is 23.8 Å². The van der Waals surface area contributed by atoms with Crippen molar-refractivity contribution in [1.29, 1.82) is 0 Å². The molecule has 0 saturated carbocycles. The number of aliphatic hydroxyl groups excluding tert-OH is 8. The number of fused-ring (bicyclic) bond motifs is 1. The van der Waals surface area contributed by atoms with E-state index in [-0.39, 0.29) is 33.8 Å². The van der Waals surface area contributed by atoms with Gasteiger partial charge in [0.05, 0.1) is 13.2 Å². The molecule has 16 heteroatoms. The third-order valence-electron chi connectivity index (χ3n) is 7.22. The molecule has 2 aliphatic rings. The van der Waals surface area contributed by atoms with Crippen molar-refractivity contribution in [2.75, 3.05) is 13.2 Å². The zero-order valence-electron chi connectivity index (χ0n) is 22.1. The molecule has 10 atom stereocenters. The highest BCUT2D eigenvalue weighted by molar-refractivity contribution is 5.86. The largest absolute Gasteiger partial charge is 0.507 e. The first-order chi connectivity index (χ1) is 20.4. The molecule has 43 heavy (non-hydrogen) atoms. The highest BCUT2D eigenvalue weighted by Gasteiger charge is 2.46. The Kier molecular flexibility index (Phi) is 8.77. The van der Waals surface area contributed by atoms with Crippen LogP contribution in [-0.4, -0.2) is 126 Å². The number of hydrogen-bond donors (Lipinski definition) is 10. The Labute approximate surface area is 241 Å². The van der Waals surface area contributed by atoms with Crippen molar-refractivity contribution in [3.63, 3.8) is 0 Å². The van der Waals surface area contributed by atoms with E-state index < -0.39 is 91.6 Å². The van der Waals surface area contributed by atoms with Gasteiger partial charge in [-0.15, -0.1) is 0 Å². The molecule has 3 heterocycles. The minimum Gasteiger partial charge on any atom is -0.507 e. The van der Waals surface area contributed by atoms with Crippen molar-refractivity contribution < 1.29 is 74.4 Å². The van der Waals surface area contributed by atoms with Gasteiger partial charge >= 0.3 is 0 Å². The van der Waals surface area contributed by atoms with Gasteiger partial charge in [-0.3, -0.25) is 4.79 Å². The quantitative estimate of drug-likeness (QED) is 0.130. The van der Waals surface area contributed by atoms with Crippen LogP contribution in [0.5, 0.6) is 23.0 Å². The van der Waals surface area contributed by atoms with Crippen molar-refractivity contribution in [3.8, 4) is 34.3 Å². The molecule has 0 amide bonds. The van der Waals surface area contributed by atoms with Crippen molar-refractivity contribution in [2.24, 2.45) is 0 Å². The summed E-state index contributed by atoms with van der Waals surface area (Å²) in [6.07, 6.45) is -15.9. The molecule has 1 aromatic heterocycles. The number of ether oxygens (including phenoxy) is 4. The number of phenols is 2. The Morgan fingerprint density at radius 2 is 1.26 bits per heavy atom. The summed E-state index contributed by atoms with van der Waals surface area (Å²) in [5.74, 6) is -1.54. The second-order valence-electron chi connectivity index (χ2n) is 10.1. The van der Waals surface area contributed by atoms with E-state index in [9.17, 15) is 55.9 Å². The van der Waals surface area contributed by atoms with Crippen LogP contribution in [0.3, 0.4) is 0 Å². The third-order valence-corrected chi connectivity index (χ3v) is 7.22. The average Bonchev–Trinajstić information content (AvgIpc) is 2.98. The highest BCUT2D eigenvalue weighted by Crippen LogP contribution is 2.37. The Morgan fingerprint density at radius 1 is 0.674 bits per heavy atom. The van der Waals surface area contributed by atoms with E-state index in [1.807, 2.05) is 0 Å². The molecule has 2 saturated heterocycles. The zero-order valence-corrected chi connectivity index (χ0v) is 22.1. The summed E-state index contributed by atoms with van der Waals surface area (Å²) in [5, 5.41) is 99.9. The van der Waals surface area contributed by atoms with Crippen LogP contribution in [0.1, 0.15) is 0 Å². The molecular formula is C27H30O16. The molecule has 2 aromatic carbocycles. The van der Waals surface area contributed by atoms with Crippen LogP contribution >= 0.6 is 0 Å². The van der Waals surface area contributed by atoms with Crippen LogP contribution in [0.2, 0.25) is 0 Å². The molecule has 0 aliphatic carbocycles. The van der Waals surface area contributed by atoms with Gasteiger partial charge in [-0.1, -0.05) is 0 Å². The molecule has 2 aliphatic heterocycles. The summed E-state index contributed by atoms with van der Waals surface area (Å²) in [6.45, 7) is -1.39. The van der Waals surface area contributed by atoms with E-state index in [4.69, 9.17) is 23.4 Å². The number of phenolic OH excluding ortho intramolecular Hbond substituents is 2. The summed E-state index contributed by atoms with van der Waals surface area (Å²) < 4.78 is 27.5. The van der Waals surface area contributed by atoms with Gasteiger partial charge in [0.1, 0.15) is 77.1 Å². The van der Waals surface area contributed by atoms with Crippen LogP contribution in [0.15, 0.2) is 45.6 Å². The van der Waals surface area contributed by atoms with Gasteiger partial charge in [0.15, 0.2) is 16.9 Å². The SMILES string of the molecule is O=c1cc(-c2ccc(O)c(O[C@@H]3O[C@H](CO)[C@@H](O)[C@@H](O)[C@@H]3O)c2)oc2cc(O[C@@H]3O[C@H](CO)[C@@H](O)[C@@H](O)[C@H]3O)cc(O)c12. The minimum absolute atomic E-state index is 0.0828. The van der Waals surface area contributed by atoms with Gasteiger partial charge in [-0.05, 0) is 18.2 Å². The Morgan fingerprint density at radius 3 is 1.84 bits per heavy atom. The lowest BCUT2D eigenvalue weighted by Gasteiger charge is -2.39. The number of hydrogen-bond acceptors (Lipinski definition) is 16. The fourth-order valence-corrected chi connectivity index (χ4v) is 4.80. The van der Waals surface area contributed by atoms with E-state index in [1.54, 1.807) is 0 Å². The summed E-state index contributed by atoms with van der Waals surface area (Å²) in [4.78, 5) is 12.9. The molecule has 234 valence electrons. The van der Waals surface area contributed by atoms with Crippen LogP contribution in [0.25, 0.3) is 22.3 Å². The van der Waals surface area contributed by atoms with Crippen LogP contribution in [0.4, 0.5) is 0 Å². The fraction of sp³-hybridized carbons (Fsp3) is 0.444. The van der Waals surface area contributed by atoms with Crippen LogP contribution in [-0.2, 0) is 9.47 Å². The maximum absolute atomic E-state index is 12.9. The van der Waals surface area contributed by atoms with Gasteiger partial charge < -0.3 is 74.4 Å². The highest BCUT2D eigenvalue weighted by atomic mass is 16.7. The Balaban J connectivity index is 1.45. The van der Waals surface area contributed by atoms with Crippen molar-refractivity contribution in [3.05, 3.63) is 46.6 Å². The first-order valence-corrected chi connectivity index (χ1v) is 13.0. The monoisotopic (exact) mass is 610 g/mol. The van der Waals surface area contributed by atoms with E-state index in [0.29, 0.717) is 0 Å². The topological polar surface area (TPSA) is 269 Å². The zero-order chi connectivity index (χ0) is 31.2. The minimum atomic E-state index is -1.76. The van der Waals surface area contributed by atoms with E-state index in [0.717, 1.165) is 12.1 Å². The maximum atomic E-state index is 12.9. The lowest BCUT2D eigenvalue weighted by atomic mass is 9.99. The number of aliphatic hydroxyl groups is 8. The van der Waals surface area contributed by atoms with E-state index in [2.05, 4.69) is 0 Å². The van der Waals surface area contributed by atoms with Crippen LogP contribution in [0, 0.1) is 0 Å². The number of aromatic hydroxyl groups is 2. The number of benzene rings is 2. The van der Waals surface area contributed by atoms with Crippen molar-refractivity contribution in [2.45, 2.75) is 61.4 Å². The first-order valence-electron chi connectivity index (χ1n) is 13.0. The smallest absolute Gasteiger partial charge is 0.229 e. The summed E-state index contributed by atoms with van der Waals surface area (Å²) in [7, 11) is 0. The average molecular weight is 611 g/mol. The molecule has 0 radical (unpaired) electrons. The van der Waals surface area contributed by atoms with Gasteiger partial charge in [-0.25, -0.2) is 0 Å². The molecule has 16 nitrogen and oxygen atoms in total. The lowest BCUT2D eigenvalue weighted by Crippen LogP contribution is -2.60. The van der Waals surface area contributed by atoms with Gasteiger partial charge in [0.2, 0.25) is 12.6 Å². The summed E-state index contributed by atoms with van der Waals surface area (Å²) in [5.41, 5.74) is -0.708. The summed E-state index contributed by atoms with van der Waals surface area (Å²) in [6, 6.07) is 7.02. The van der Waals surface area contributed by atoms with Gasteiger partial charge in [-0.2, -0.15) is 0 Å². The van der Waals surface area contributed by atoms with Crippen molar-refractivity contribution in [1.82, 2.24) is 0 Å². The molecule has 0 unspecified atom stereocenters. The third kappa shape index (κ3) is 5.85. The standard InChI is InChI=1S/C27H30O16/c28-7-17-20(33)22(35)24(37)26(42-17)39-10-4-12(31)19-13(32)6-14(40-16(19)5-10)9-1-2-11(30)15(3-9)41-27-25(38)23(36)21(34)18(8-29)43-27/h1-6,17-18,20-31,33-38H,7-8H2/t17-,18-,20-,21-,22-,23-,24-,25+,26-,27-/m1/s1. The molecule has 0 spiro atoms. The predicted molar refractivity (Wildman–Crippen MR) is 140 cm³/mol. The molecular weight excluding hydrogens is 580 g/mol. The van der Waals surface area contributed by atoms with Crippen molar-refractivity contribution >= 4 is 11.0 Å². The maximum Gasteiger partial charge on any atom is 0.229 e. The second kappa shape index (κ2) is 12.2. The van der Waals surface area contributed by atoms with E-state index >= 15 is 0 Å². The van der Waals surface area contributed by atoms with E-state index in [1.165, 1.54) is 24.3 Å². The predicted octanol–water partition coefficient (Wildman–Crippen LogP) is -2.77. The molecule has 10 N–H and O–H groups in total. The summed E-state index contributed by atoms with van der Waals surface area (Å²) >= 11 is 0. The van der Waals surface area contributed by atoms with Gasteiger partial charge in [0.25, 0.3) is 0 Å². The Bertz CT molecular complexity index is 1500. The number of rotatable bonds is 7. The Hall–Kier alpha value is -3.55. The molecule has 0 bridgehead atoms. The first kappa shape index (κ1) is 30.9. The van der Waals surface area contributed by atoms with Crippen LogP contribution < -0.4 is 14.9 Å². The normalized spacial score (nSPS) is 32.9. The molecule has 5 rings (SSSR count). The fourth-order valence-electron chi connectivity index (χ4n) is 4.80. The second-order valence-corrected chi connectivity index (χ2v) is 10.1.